The Bertz CT molecular complexity index is 1430. The van der Waals surface area contributed by atoms with Gasteiger partial charge in [-0.1, -0.05) is 84.0 Å². The van der Waals surface area contributed by atoms with Crippen LogP contribution in [0.1, 0.15) is 82.1 Å². The number of rotatable bonds is 3. The molecule has 1 heteroatoms. The molecule has 39 heavy (non-hydrogen) atoms. The lowest BCUT2D eigenvalue weighted by Crippen LogP contribution is -2.29. The van der Waals surface area contributed by atoms with Gasteiger partial charge in [0.1, 0.15) is 0 Å². The predicted octanol–water partition coefficient (Wildman–Crippen LogP) is 10.5. The zero-order valence-corrected chi connectivity index (χ0v) is 23.9. The highest BCUT2D eigenvalue weighted by atomic mass is 32.2. The summed E-state index contributed by atoms with van der Waals surface area (Å²) in [6.45, 7) is 0. The summed E-state index contributed by atoms with van der Waals surface area (Å²) in [5.41, 5.74) is 13.4. The third-order valence-corrected chi connectivity index (χ3v) is 12.1. The summed E-state index contributed by atoms with van der Waals surface area (Å²) in [5, 5.41) is 0.687. The van der Waals surface area contributed by atoms with E-state index in [2.05, 4.69) is 90.7 Å². The molecule has 5 unspecified atom stereocenters. The van der Waals surface area contributed by atoms with Crippen LogP contribution >= 0.6 is 11.8 Å². The van der Waals surface area contributed by atoms with Crippen molar-refractivity contribution in [3.63, 3.8) is 0 Å². The van der Waals surface area contributed by atoms with E-state index in [1.807, 2.05) is 5.57 Å². The molecule has 0 radical (unpaired) electrons. The Kier molecular flexibility index (Phi) is 6.32. The maximum atomic E-state index is 2.69. The molecule has 8 rings (SSSR count). The van der Waals surface area contributed by atoms with E-state index in [4.69, 9.17) is 0 Å². The number of fused-ring (bicyclic) bond motifs is 5. The van der Waals surface area contributed by atoms with Crippen molar-refractivity contribution in [2.75, 3.05) is 0 Å². The van der Waals surface area contributed by atoms with Crippen LogP contribution < -0.4 is 0 Å². The van der Waals surface area contributed by atoms with E-state index in [1.54, 1.807) is 39.0 Å². The van der Waals surface area contributed by atoms with Crippen molar-refractivity contribution in [2.24, 2.45) is 17.8 Å². The van der Waals surface area contributed by atoms with Gasteiger partial charge in [-0.25, -0.2) is 0 Å². The van der Waals surface area contributed by atoms with E-state index >= 15 is 0 Å². The lowest BCUT2D eigenvalue weighted by Gasteiger charge is -2.43. The Morgan fingerprint density at radius 2 is 1.72 bits per heavy atom. The fraction of sp³-hybridized carbons (Fsp3) is 0.421. The molecule has 7 aliphatic rings. The monoisotopic (exact) mass is 528 g/mol. The van der Waals surface area contributed by atoms with Crippen molar-refractivity contribution in [2.45, 2.75) is 86.7 Å². The van der Waals surface area contributed by atoms with Crippen LogP contribution in [0.5, 0.6) is 0 Å². The molecule has 0 saturated carbocycles. The first-order chi connectivity index (χ1) is 19.4. The highest BCUT2D eigenvalue weighted by molar-refractivity contribution is 8.00. The lowest BCUT2D eigenvalue weighted by atomic mass is 9.61. The summed E-state index contributed by atoms with van der Waals surface area (Å²) in [6, 6.07) is 9.26. The van der Waals surface area contributed by atoms with E-state index in [0.717, 1.165) is 5.92 Å². The molecule has 0 fully saturated rings. The van der Waals surface area contributed by atoms with E-state index < -0.39 is 0 Å². The van der Waals surface area contributed by atoms with Crippen molar-refractivity contribution in [3.05, 3.63) is 124 Å². The maximum absolute atomic E-state index is 2.69. The summed E-state index contributed by atoms with van der Waals surface area (Å²) >= 11 is 2.14. The average molecular weight is 529 g/mol. The maximum Gasteiger partial charge on any atom is 0.0226 e. The minimum Gasteiger partial charge on any atom is -0.121 e. The van der Waals surface area contributed by atoms with Crippen LogP contribution in [0.4, 0.5) is 0 Å². The molecule has 0 bridgehead atoms. The molecule has 0 saturated heterocycles. The normalized spacial score (nSPS) is 33.1. The highest BCUT2D eigenvalue weighted by Gasteiger charge is 2.43. The van der Waals surface area contributed by atoms with Crippen LogP contribution in [0.15, 0.2) is 123 Å². The summed E-state index contributed by atoms with van der Waals surface area (Å²) in [6.07, 6.45) is 36.4. The van der Waals surface area contributed by atoms with Gasteiger partial charge in [0.05, 0.1) is 0 Å². The molecule has 0 amide bonds. The van der Waals surface area contributed by atoms with Gasteiger partial charge in [-0.15, -0.1) is 11.8 Å². The van der Waals surface area contributed by atoms with Crippen LogP contribution in [-0.2, 0) is 0 Å². The van der Waals surface area contributed by atoms with Gasteiger partial charge in [-0.2, -0.15) is 0 Å². The van der Waals surface area contributed by atoms with Gasteiger partial charge in [-0.05, 0) is 122 Å². The smallest absolute Gasteiger partial charge is 0.0226 e. The zero-order chi connectivity index (χ0) is 25.8. The second kappa shape index (κ2) is 10.2. The summed E-state index contributed by atoms with van der Waals surface area (Å²) in [4.78, 5) is 1.52. The van der Waals surface area contributed by atoms with E-state index in [0.29, 0.717) is 23.0 Å². The third-order valence-electron chi connectivity index (χ3n) is 10.6. The van der Waals surface area contributed by atoms with Crippen LogP contribution in [0.25, 0.3) is 0 Å². The Morgan fingerprint density at radius 1 is 0.744 bits per heavy atom. The Hall–Kier alpha value is -2.51. The molecule has 0 N–H and O–H groups in total. The van der Waals surface area contributed by atoms with Crippen LogP contribution in [0.2, 0.25) is 0 Å². The zero-order valence-electron chi connectivity index (χ0n) is 23.1. The van der Waals surface area contributed by atoms with Gasteiger partial charge in [0, 0.05) is 22.0 Å². The molecule has 5 atom stereocenters. The molecule has 198 valence electrons. The van der Waals surface area contributed by atoms with Gasteiger partial charge < -0.3 is 0 Å². The second-order valence-corrected chi connectivity index (χ2v) is 13.9. The van der Waals surface area contributed by atoms with Gasteiger partial charge in [0.2, 0.25) is 0 Å². The largest absolute Gasteiger partial charge is 0.121 e. The molecule has 6 aliphatic carbocycles. The van der Waals surface area contributed by atoms with Gasteiger partial charge in [-0.3, -0.25) is 0 Å². The standard InChI is InChI=1S/C38H40S/c1-2-11-25(12-3-1)26-21-23-27(24-22-26)36-28-13-4-6-15-30(28)37(31-16-7-5-14-29(31)36)33-18-10-20-35-38(33)32-17-8-9-19-34(32)39-35/h1-2,4,6-9,15-19,21,25,27-28,35,38H,3,5,10-14,20,22-24H2. The number of hydrogen-bond donors (Lipinski definition) is 0. The topological polar surface area (TPSA) is 0 Å². The van der Waals surface area contributed by atoms with Crippen molar-refractivity contribution in [1.29, 1.82) is 0 Å². The first kappa shape index (κ1) is 24.3. The molecular formula is C38H40S. The van der Waals surface area contributed by atoms with Crippen LogP contribution in [0.3, 0.4) is 0 Å². The van der Waals surface area contributed by atoms with E-state index in [-0.39, 0.29) is 0 Å². The number of thioether (sulfide) groups is 1. The summed E-state index contributed by atoms with van der Waals surface area (Å²) in [7, 11) is 0. The Labute approximate surface area is 239 Å². The highest BCUT2D eigenvalue weighted by Crippen LogP contribution is 2.59. The third kappa shape index (κ3) is 4.10. The van der Waals surface area contributed by atoms with Crippen LogP contribution in [0, 0.1) is 17.8 Å². The average Bonchev–Trinajstić information content (AvgIpc) is 3.40. The number of allylic oxidation sites excluding steroid dienone is 16. The fourth-order valence-corrected chi connectivity index (χ4v) is 10.4. The molecule has 0 spiro atoms. The van der Waals surface area contributed by atoms with Crippen molar-refractivity contribution in [3.8, 4) is 0 Å². The van der Waals surface area contributed by atoms with Gasteiger partial charge in [0.15, 0.2) is 0 Å². The summed E-state index contributed by atoms with van der Waals surface area (Å²) in [5.74, 6) is 2.63. The van der Waals surface area contributed by atoms with Crippen LogP contribution in [-0.4, -0.2) is 5.25 Å². The number of benzene rings is 1. The molecule has 1 aromatic rings. The molecule has 1 heterocycles. The first-order valence-corrected chi connectivity index (χ1v) is 16.6. The molecule has 0 aromatic heterocycles. The number of hydrogen-bond acceptors (Lipinski definition) is 1. The quantitative estimate of drug-likeness (QED) is 0.352. The van der Waals surface area contributed by atoms with E-state index in [1.165, 1.54) is 75.5 Å². The minimum absolute atomic E-state index is 0.540. The van der Waals surface area contributed by atoms with Crippen molar-refractivity contribution in [1.82, 2.24) is 0 Å². The van der Waals surface area contributed by atoms with Gasteiger partial charge >= 0.3 is 0 Å². The Morgan fingerprint density at radius 3 is 2.62 bits per heavy atom. The molecule has 1 aliphatic heterocycles. The first-order valence-electron chi connectivity index (χ1n) is 15.7. The fourth-order valence-electron chi connectivity index (χ4n) is 8.89. The lowest BCUT2D eigenvalue weighted by molar-refractivity contribution is 0.438. The predicted molar refractivity (Wildman–Crippen MR) is 166 cm³/mol. The molecule has 1 aromatic carbocycles. The molecular weight excluding hydrogens is 488 g/mol. The molecule has 0 nitrogen and oxygen atoms in total. The van der Waals surface area contributed by atoms with Gasteiger partial charge in [0.25, 0.3) is 0 Å². The second-order valence-electron chi connectivity index (χ2n) is 12.6. The minimum atomic E-state index is 0.540. The summed E-state index contributed by atoms with van der Waals surface area (Å²) < 4.78 is 0. The SMILES string of the molecule is C1=CCC2C(=C1)C(C1=CCCC3Sc4ccccc4C13)=C1C=CCCC1=C2C1CC=C(C2CC=CCC2)CC1. The van der Waals surface area contributed by atoms with Crippen molar-refractivity contribution >= 4 is 11.8 Å². The Balaban J connectivity index is 1.23. The van der Waals surface area contributed by atoms with Crippen molar-refractivity contribution < 1.29 is 0 Å². The van der Waals surface area contributed by atoms with E-state index in [9.17, 15) is 0 Å².